The minimum absolute atomic E-state index is 0.161. The highest BCUT2D eigenvalue weighted by atomic mass is 16.1. The first kappa shape index (κ1) is 10.5. The minimum atomic E-state index is -0.161. The lowest BCUT2D eigenvalue weighted by Crippen LogP contribution is -2.17. The molecule has 0 unspecified atom stereocenters. The van der Waals surface area contributed by atoms with Gasteiger partial charge in [-0.2, -0.15) is 5.10 Å². The molecule has 2 aromatic heterocycles. The van der Waals surface area contributed by atoms with Crippen molar-refractivity contribution < 1.29 is 0 Å². The van der Waals surface area contributed by atoms with Crippen LogP contribution in [0.1, 0.15) is 0 Å². The van der Waals surface area contributed by atoms with Crippen LogP contribution in [-0.2, 0) is 0 Å². The van der Waals surface area contributed by atoms with E-state index in [0.29, 0.717) is 0 Å². The van der Waals surface area contributed by atoms with E-state index in [-0.39, 0.29) is 11.2 Å². The Morgan fingerprint density at radius 2 is 1.72 bits per heavy atom. The van der Waals surface area contributed by atoms with Gasteiger partial charge in [0, 0.05) is 24.7 Å². The molecule has 0 bridgehead atoms. The molecule has 3 aromatic rings. The predicted molar refractivity (Wildman–Crippen MR) is 67.0 cm³/mol. The van der Waals surface area contributed by atoms with Crippen molar-refractivity contribution in [1.29, 1.82) is 0 Å². The molecule has 0 atom stereocenters. The summed E-state index contributed by atoms with van der Waals surface area (Å²) in [6, 6.07) is 12.8. The van der Waals surface area contributed by atoms with Gasteiger partial charge in [-0.1, -0.05) is 18.2 Å². The van der Waals surface area contributed by atoms with E-state index in [4.69, 9.17) is 0 Å². The zero-order valence-corrected chi connectivity index (χ0v) is 9.47. The van der Waals surface area contributed by atoms with Gasteiger partial charge in [0.25, 0.3) is 0 Å². The summed E-state index contributed by atoms with van der Waals surface area (Å²) < 4.78 is 3.11. The summed E-state index contributed by atoms with van der Waals surface area (Å²) >= 11 is 0. The Morgan fingerprint density at radius 3 is 2.44 bits per heavy atom. The van der Waals surface area contributed by atoms with Crippen LogP contribution in [0, 0.1) is 0 Å². The van der Waals surface area contributed by atoms with Gasteiger partial charge in [-0.3, -0.25) is 4.79 Å². The van der Waals surface area contributed by atoms with Crippen molar-refractivity contribution in [1.82, 2.24) is 19.6 Å². The van der Waals surface area contributed by atoms with Crippen LogP contribution in [0.25, 0.3) is 11.5 Å². The van der Waals surface area contributed by atoms with E-state index < -0.39 is 0 Å². The zero-order chi connectivity index (χ0) is 12.4. The topological polar surface area (TPSA) is 52.7 Å². The summed E-state index contributed by atoms with van der Waals surface area (Å²) in [5, 5.41) is 8.31. The SMILES string of the molecule is O=c1ccn(-c2ccccc2)nc1-n1cccn1. The molecule has 0 saturated heterocycles. The summed E-state index contributed by atoms with van der Waals surface area (Å²) in [7, 11) is 0. The van der Waals surface area contributed by atoms with Crippen LogP contribution in [0.3, 0.4) is 0 Å². The maximum atomic E-state index is 11.8. The van der Waals surface area contributed by atoms with Crippen LogP contribution in [0.5, 0.6) is 0 Å². The average molecular weight is 238 g/mol. The molecule has 0 aliphatic carbocycles. The maximum Gasteiger partial charge on any atom is 0.226 e. The van der Waals surface area contributed by atoms with E-state index in [1.807, 2.05) is 30.3 Å². The second-order valence-electron chi connectivity index (χ2n) is 3.73. The summed E-state index contributed by atoms with van der Waals surface area (Å²) in [6.07, 6.45) is 4.95. The lowest BCUT2D eigenvalue weighted by atomic mass is 10.3. The second-order valence-corrected chi connectivity index (χ2v) is 3.73. The highest BCUT2D eigenvalue weighted by Crippen LogP contribution is 2.04. The van der Waals surface area contributed by atoms with E-state index in [0.717, 1.165) is 5.69 Å². The van der Waals surface area contributed by atoms with Gasteiger partial charge < -0.3 is 0 Å². The van der Waals surface area contributed by atoms with E-state index in [1.165, 1.54) is 10.7 Å². The van der Waals surface area contributed by atoms with Gasteiger partial charge in [0.15, 0.2) is 0 Å². The van der Waals surface area contributed by atoms with Crippen molar-refractivity contribution in [2.75, 3.05) is 0 Å². The molecule has 0 aliphatic heterocycles. The average Bonchev–Trinajstić information content (AvgIpc) is 2.94. The third kappa shape index (κ3) is 1.82. The Kier molecular flexibility index (Phi) is 2.49. The van der Waals surface area contributed by atoms with Crippen molar-refractivity contribution in [2.45, 2.75) is 0 Å². The van der Waals surface area contributed by atoms with E-state index in [2.05, 4.69) is 10.2 Å². The molecule has 0 radical (unpaired) electrons. The van der Waals surface area contributed by atoms with Crippen molar-refractivity contribution in [3.8, 4) is 11.5 Å². The van der Waals surface area contributed by atoms with E-state index in [1.54, 1.807) is 29.3 Å². The molecule has 5 heteroatoms. The Hall–Kier alpha value is -2.69. The summed E-state index contributed by atoms with van der Waals surface area (Å²) in [6.45, 7) is 0. The summed E-state index contributed by atoms with van der Waals surface area (Å²) in [5.41, 5.74) is 0.733. The first-order valence-electron chi connectivity index (χ1n) is 5.50. The van der Waals surface area contributed by atoms with Crippen LogP contribution in [-0.4, -0.2) is 19.6 Å². The molecule has 0 saturated carbocycles. The molecule has 3 rings (SSSR count). The third-order valence-electron chi connectivity index (χ3n) is 2.53. The Balaban J connectivity index is 2.15. The fraction of sp³-hybridized carbons (Fsp3) is 0. The molecule has 88 valence electrons. The normalized spacial score (nSPS) is 10.4. The molecule has 0 aliphatic rings. The Labute approximate surface area is 103 Å². The lowest BCUT2D eigenvalue weighted by molar-refractivity contribution is 0.749. The molecular formula is C13H10N4O. The largest absolute Gasteiger partial charge is 0.286 e. The minimum Gasteiger partial charge on any atom is -0.286 e. The Morgan fingerprint density at radius 1 is 0.889 bits per heavy atom. The molecule has 0 spiro atoms. The molecule has 1 aromatic carbocycles. The van der Waals surface area contributed by atoms with Crippen LogP contribution < -0.4 is 5.43 Å². The van der Waals surface area contributed by atoms with Gasteiger partial charge >= 0.3 is 0 Å². The first-order chi connectivity index (χ1) is 8.84. The first-order valence-corrected chi connectivity index (χ1v) is 5.50. The highest BCUT2D eigenvalue weighted by Gasteiger charge is 2.05. The number of hydrogen-bond acceptors (Lipinski definition) is 3. The number of aromatic nitrogens is 4. The quantitative estimate of drug-likeness (QED) is 0.678. The van der Waals surface area contributed by atoms with Gasteiger partial charge in [0.05, 0.1) is 5.69 Å². The van der Waals surface area contributed by atoms with E-state index >= 15 is 0 Å². The van der Waals surface area contributed by atoms with Gasteiger partial charge in [-0.25, -0.2) is 9.36 Å². The predicted octanol–water partition coefficient (Wildman–Crippen LogP) is 1.42. The molecule has 5 nitrogen and oxygen atoms in total. The standard InChI is InChI=1S/C13H10N4O/c18-12-7-10-16(11-5-2-1-3-6-11)15-13(12)17-9-4-8-14-17/h1-10H. The summed E-state index contributed by atoms with van der Waals surface area (Å²) in [5.74, 6) is 0.284. The monoisotopic (exact) mass is 238 g/mol. The second kappa shape index (κ2) is 4.29. The third-order valence-corrected chi connectivity index (χ3v) is 2.53. The molecule has 0 amide bonds. The van der Waals surface area contributed by atoms with Crippen molar-refractivity contribution in [3.05, 3.63) is 71.3 Å². The zero-order valence-electron chi connectivity index (χ0n) is 9.47. The number of nitrogens with zero attached hydrogens (tertiary/aromatic N) is 4. The van der Waals surface area contributed by atoms with Crippen LogP contribution >= 0.6 is 0 Å². The molecule has 2 heterocycles. The molecular weight excluding hydrogens is 228 g/mol. The highest BCUT2D eigenvalue weighted by molar-refractivity contribution is 5.31. The fourth-order valence-corrected chi connectivity index (χ4v) is 1.67. The lowest BCUT2D eigenvalue weighted by Gasteiger charge is -2.06. The molecule has 0 N–H and O–H groups in total. The van der Waals surface area contributed by atoms with Crippen LogP contribution in [0.4, 0.5) is 0 Å². The molecule has 18 heavy (non-hydrogen) atoms. The Bertz CT molecular complexity index is 701. The van der Waals surface area contributed by atoms with Crippen LogP contribution in [0.2, 0.25) is 0 Å². The number of hydrogen-bond donors (Lipinski definition) is 0. The molecule has 0 fully saturated rings. The van der Waals surface area contributed by atoms with Crippen molar-refractivity contribution in [3.63, 3.8) is 0 Å². The number of rotatable bonds is 2. The van der Waals surface area contributed by atoms with Gasteiger partial charge in [0.2, 0.25) is 11.2 Å². The van der Waals surface area contributed by atoms with Crippen molar-refractivity contribution in [2.24, 2.45) is 0 Å². The number of para-hydroxylation sites is 1. The van der Waals surface area contributed by atoms with Crippen molar-refractivity contribution >= 4 is 0 Å². The summed E-state index contributed by atoms with van der Waals surface area (Å²) in [4.78, 5) is 11.8. The van der Waals surface area contributed by atoms with Crippen LogP contribution in [0.15, 0.2) is 65.8 Å². The van der Waals surface area contributed by atoms with E-state index in [9.17, 15) is 4.79 Å². The van der Waals surface area contributed by atoms with Gasteiger partial charge in [0.1, 0.15) is 0 Å². The van der Waals surface area contributed by atoms with Gasteiger partial charge in [-0.15, -0.1) is 5.10 Å². The smallest absolute Gasteiger partial charge is 0.226 e. The maximum absolute atomic E-state index is 11.8. The van der Waals surface area contributed by atoms with Gasteiger partial charge in [-0.05, 0) is 18.2 Å². The fourth-order valence-electron chi connectivity index (χ4n) is 1.67. The number of benzene rings is 1.